The van der Waals surface area contributed by atoms with Crippen molar-refractivity contribution in [1.82, 2.24) is 0 Å². The van der Waals surface area contributed by atoms with E-state index in [0.717, 1.165) is 8.47 Å². The zero-order chi connectivity index (χ0) is 12.4. The molecule has 1 aliphatic rings. The zero-order valence-electron chi connectivity index (χ0n) is 8.86. The molecule has 0 bridgehead atoms. The fourth-order valence-electron chi connectivity index (χ4n) is 1.58. The number of hydrogen-bond acceptors (Lipinski definition) is 5. The summed E-state index contributed by atoms with van der Waals surface area (Å²) in [6.45, 7) is 0. The van der Waals surface area contributed by atoms with Crippen molar-refractivity contribution in [2.24, 2.45) is 0 Å². The SMILES string of the molecule is OC1OC(CSc2ccc(I)cc2)C(O)C1O. The van der Waals surface area contributed by atoms with Crippen molar-refractivity contribution < 1.29 is 20.1 Å². The molecule has 1 aliphatic heterocycles. The van der Waals surface area contributed by atoms with Crippen LogP contribution in [0.2, 0.25) is 0 Å². The lowest BCUT2D eigenvalue weighted by Gasteiger charge is -2.13. The fourth-order valence-corrected chi connectivity index (χ4v) is 2.90. The average molecular weight is 368 g/mol. The lowest BCUT2D eigenvalue weighted by atomic mass is 10.2. The van der Waals surface area contributed by atoms with Gasteiger partial charge in [0.15, 0.2) is 6.29 Å². The Bertz CT molecular complexity index is 372. The van der Waals surface area contributed by atoms with Crippen LogP contribution in [0.1, 0.15) is 0 Å². The summed E-state index contributed by atoms with van der Waals surface area (Å²) in [5, 5.41) is 28.2. The maximum absolute atomic E-state index is 9.60. The van der Waals surface area contributed by atoms with Gasteiger partial charge in [-0.05, 0) is 46.9 Å². The first kappa shape index (κ1) is 13.6. The molecule has 17 heavy (non-hydrogen) atoms. The fraction of sp³-hybridized carbons (Fsp3) is 0.455. The number of aliphatic hydroxyl groups excluding tert-OH is 3. The minimum absolute atomic E-state index is 0.496. The molecule has 4 atom stereocenters. The maximum Gasteiger partial charge on any atom is 0.183 e. The van der Waals surface area contributed by atoms with Crippen molar-refractivity contribution in [1.29, 1.82) is 0 Å². The smallest absolute Gasteiger partial charge is 0.183 e. The molecule has 0 radical (unpaired) electrons. The van der Waals surface area contributed by atoms with E-state index in [9.17, 15) is 15.3 Å². The van der Waals surface area contributed by atoms with Crippen molar-refractivity contribution >= 4 is 34.4 Å². The van der Waals surface area contributed by atoms with Gasteiger partial charge < -0.3 is 20.1 Å². The van der Waals surface area contributed by atoms with Crippen molar-refractivity contribution in [2.45, 2.75) is 29.5 Å². The largest absolute Gasteiger partial charge is 0.387 e. The Labute approximate surface area is 117 Å². The molecule has 0 aromatic heterocycles. The minimum Gasteiger partial charge on any atom is -0.387 e. The normalized spacial score (nSPS) is 32.9. The molecule has 6 heteroatoms. The molecule has 4 nitrogen and oxygen atoms in total. The Kier molecular flexibility index (Phi) is 4.67. The average Bonchev–Trinajstić information content (AvgIpc) is 2.56. The van der Waals surface area contributed by atoms with Gasteiger partial charge in [0.2, 0.25) is 0 Å². The molecule has 0 spiro atoms. The first-order valence-electron chi connectivity index (χ1n) is 5.16. The summed E-state index contributed by atoms with van der Waals surface area (Å²) in [5.41, 5.74) is 0. The highest BCUT2D eigenvalue weighted by atomic mass is 127. The quantitative estimate of drug-likeness (QED) is 0.545. The highest BCUT2D eigenvalue weighted by molar-refractivity contribution is 14.1. The Balaban J connectivity index is 1.88. The number of aliphatic hydroxyl groups is 3. The van der Waals surface area contributed by atoms with E-state index in [4.69, 9.17) is 4.74 Å². The second kappa shape index (κ2) is 5.85. The molecular formula is C11H13IO4S. The van der Waals surface area contributed by atoms with Gasteiger partial charge in [-0.15, -0.1) is 11.8 Å². The van der Waals surface area contributed by atoms with Crippen molar-refractivity contribution in [3.63, 3.8) is 0 Å². The third kappa shape index (κ3) is 3.33. The van der Waals surface area contributed by atoms with E-state index in [-0.39, 0.29) is 0 Å². The van der Waals surface area contributed by atoms with Gasteiger partial charge in [-0.2, -0.15) is 0 Å². The van der Waals surface area contributed by atoms with Gasteiger partial charge >= 0.3 is 0 Å². The lowest BCUT2D eigenvalue weighted by molar-refractivity contribution is -0.123. The van der Waals surface area contributed by atoms with Crippen molar-refractivity contribution in [3.8, 4) is 0 Å². The summed E-state index contributed by atoms with van der Waals surface area (Å²) in [4.78, 5) is 1.07. The summed E-state index contributed by atoms with van der Waals surface area (Å²) in [7, 11) is 0. The van der Waals surface area contributed by atoms with E-state index < -0.39 is 24.6 Å². The van der Waals surface area contributed by atoms with E-state index in [1.165, 1.54) is 11.8 Å². The van der Waals surface area contributed by atoms with Crippen LogP contribution in [0, 0.1) is 3.57 Å². The maximum atomic E-state index is 9.60. The second-order valence-corrected chi connectivity index (χ2v) is 6.15. The topological polar surface area (TPSA) is 69.9 Å². The number of thioether (sulfide) groups is 1. The number of ether oxygens (including phenoxy) is 1. The van der Waals surface area contributed by atoms with E-state index in [0.29, 0.717) is 5.75 Å². The Morgan fingerprint density at radius 1 is 1.12 bits per heavy atom. The van der Waals surface area contributed by atoms with Crippen LogP contribution in [0.15, 0.2) is 29.2 Å². The van der Waals surface area contributed by atoms with Crippen LogP contribution in [0.25, 0.3) is 0 Å². The third-order valence-electron chi connectivity index (χ3n) is 2.57. The van der Waals surface area contributed by atoms with Crippen LogP contribution in [0.5, 0.6) is 0 Å². The first-order valence-corrected chi connectivity index (χ1v) is 7.22. The summed E-state index contributed by atoms with van der Waals surface area (Å²) < 4.78 is 6.23. The third-order valence-corrected chi connectivity index (χ3v) is 4.38. The van der Waals surface area contributed by atoms with E-state index in [2.05, 4.69) is 22.6 Å². The minimum atomic E-state index is -1.28. The Morgan fingerprint density at radius 3 is 2.29 bits per heavy atom. The molecule has 1 fully saturated rings. The molecular weight excluding hydrogens is 355 g/mol. The van der Waals surface area contributed by atoms with E-state index in [1.54, 1.807) is 0 Å². The highest BCUT2D eigenvalue weighted by Crippen LogP contribution is 2.26. The number of benzene rings is 1. The molecule has 0 saturated carbocycles. The lowest BCUT2D eigenvalue weighted by Crippen LogP contribution is -2.33. The number of rotatable bonds is 3. The molecule has 1 aromatic rings. The Hall–Kier alpha value is 0.140. The first-order chi connectivity index (χ1) is 8.08. The van der Waals surface area contributed by atoms with Gasteiger partial charge in [0.05, 0.1) is 6.10 Å². The van der Waals surface area contributed by atoms with E-state index >= 15 is 0 Å². The molecule has 94 valence electrons. The number of hydrogen-bond donors (Lipinski definition) is 3. The summed E-state index contributed by atoms with van der Waals surface area (Å²) in [6, 6.07) is 7.97. The van der Waals surface area contributed by atoms with Gasteiger partial charge in [-0.25, -0.2) is 0 Å². The monoisotopic (exact) mass is 368 g/mol. The van der Waals surface area contributed by atoms with Gasteiger partial charge in [0, 0.05) is 14.2 Å². The summed E-state index contributed by atoms with van der Waals surface area (Å²) in [5.74, 6) is 0.496. The zero-order valence-corrected chi connectivity index (χ0v) is 11.8. The Morgan fingerprint density at radius 2 is 1.76 bits per heavy atom. The predicted octanol–water partition coefficient (Wildman–Crippen LogP) is 0.822. The molecule has 2 rings (SSSR count). The second-order valence-electron chi connectivity index (χ2n) is 3.81. The molecule has 0 aliphatic carbocycles. The summed E-state index contributed by atoms with van der Waals surface area (Å²) >= 11 is 3.76. The summed E-state index contributed by atoms with van der Waals surface area (Å²) in [6.07, 6.45) is -4.06. The van der Waals surface area contributed by atoms with Crippen LogP contribution < -0.4 is 0 Å². The van der Waals surface area contributed by atoms with Gasteiger partial charge in [0.25, 0.3) is 0 Å². The van der Waals surface area contributed by atoms with Crippen LogP contribution >= 0.6 is 34.4 Å². The van der Waals surface area contributed by atoms with Crippen LogP contribution in [-0.4, -0.2) is 45.7 Å². The molecule has 1 aromatic carbocycles. The molecule has 1 saturated heterocycles. The number of halogens is 1. The molecule has 1 heterocycles. The molecule has 3 N–H and O–H groups in total. The van der Waals surface area contributed by atoms with Crippen LogP contribution in [-0.2, 0) is 4.74 Å². The van der Waals surface area contributed by atoms with Gasteiger partial charge in [0.1, 0.15) is 12.2 Å². The van der Waals surface area contributed by atoms with Gasteiger partial charge in [-0.3, -0.25) is 0 Å². The van der Waals surface area contributed by atoms with Gasteiger partial charge in [-0.1, -0.05) is 0 Å². The molecule has 4 unspecified atom stereocenters. The highest BCUT2D eigenvalue weighted by Gasteiger charge is 2.41. The predicted molar refractivity (Wildman–Crippen MR) is 72.8 cm³/mol. The van der Waals surface area contributed by atoms with Crippen molar-refractivity contribution in [3.05, 3.63) is 27.8 Å². The van der Waals surface area contributed by atoms with Crippen LogP contribution in [0.3, 0.4) is 0 Å². The standard InChI is InChI=1S/C11H13IO4S/c12-6-1-3-7(4-2-6)17-5-8-9(13)10(14)11(15)16-8/h1-4,8-11,13-15H,5H2. The van der Waals surface area contributed by atoms with E-state index in [1.807, 2.05) is 24.3 Å². The van der Waals surface area contributed by atoms with Crippen LogP contribution in [0.4, 0.5) is 0 Å². The van der Waals surface area contributed by atoms with Crippen molar-refractivity contribution in [2.75, 3.05) is 5.75 Å². The molecule has 0 amide bonds.